The van der Waals surface area contributed by atoms with Crippen LogP contribution in [0.5, 0.6) is 0 Å². The Labute approximate surface area is 120 Å². The summed E-state index contributed by atoms with van der Waals surface area (Å²) in [4.78, 5) is 11.6. The van der Waals surface area contributed by atoms with Gasteiger partial charge in [-0.05, 0) is 37.1 Å². The molecule has 1 atom stereocenters. The van der Waals surface area contributed by atoms with Crippen molar-refractivity contribution in [2.75, 3.05) is 11.9 Å². The minimum atomic E-state index is -4.50. The summed E-state index contributed by atoms with van der Waals surface area (Å²) in [7, 11) is 0. The molecule has 3 nitrogen and oxygen atoms in total. The average molecular weight is 309 g/mol. The van der Waals surface area contributed by atoms with Crippen LogP contribution in [-0.2, 0) is 11.0 Å². The smallest absolute Gasteiger partial charge is 0.330 e. The molecular weight excluding hydrogens is 293 g/mol. The second-order valence-corrected chi connectivity index (χ2v) is 5.09. The maximum Gasteiger partial charge on any atom is 0.416 e. The number of carbonyl (C=O) groups is 1. The number of amides is 1. The van der Waals surface area contributed by atoms with Crippen molar-refractivity contribution in [2.45, 2.75) is 25.9 Å². The molecule has 0 saturated carbocycles. The molecule has 1 amide bonds. The molecule has 0 aliphatic rings. The van der Waals surface area contributed by atoms with Gasteiger partial charge in [0.25, 0.3) is 0 Å². The first-order valence-corrected chi connectivity index (χ1v) is 6.48. The van der Waals surface area contributed by atoms with Crippen molar-refractivity contribution in [3.63, 3.8) is 0 Å². The van der Waals surface area contributed by atoms with E-state index in [1.807, 2.05) is 6.92 Å². The normalized spacial score (nSPS) is 13.1. The monoisotopic (exact) mass is 308 g/mol. The van der Waals surface area contributed by atoms with Gasteiger partial charge in [0.2, 0.25) is 5.91 Å². The zero-order chi connectivity index (χ0) is 15.3. The van der Waals surface area contributed by atoms with Crippen molar-refractivity contribution in [1.82, 2.24) is 0 Å². The fraction of sp³-hybridized carbons (Fsp3) is 0.462. The molecular formula is C13H16ClF3N2O. The van der Waals surface area contributed by atoms with E-state index in [1.165, 1.54) is 6.07 Å². The lowest BCUT2D eigenvalue weighted by atomic mass is 10.1. The molecule has 0 fully saturated rings. The summed E-state index contributed by atoms with van der Waals surface area (Å²) in [6.07, 6.45) is -3.72. The third-order valence-corrected chi connectivity index (χ3v) is 2.99. The highest BCUT2D eigenvalue weighted by Gasteiger charge is 2.31. The molecule has 1 aromatic carbocycles. The van der Waals surface area contributed by atoms with Crippen LogP contribution in [0.4, 0.5) is 18.9 Å². The van der Waals surface area contributed by atoms with Gasteiger partial charge in [-0.25, -0.2) is 0 Å². The largest absolute Gasteiger partial charge is 0.416 e. The van der Waals surface area contributed by atoms with Crippen LogP contribution in [0.3, 0.4) is 0 Å². The molecule has 20 heavy (non-hydrogen) atoms. The number of anilines is 1. The SMILES string of the molecule is CC(CN)CCC(=O)Nc1cc(Cl)cc(C(F)(F)F)c1. The predicted molar refractivity (Wildman–Crippen MR) is 72.5 cm³/mol. The Morgan fingerprint density at radius 1 is 1.40 bits per heavy atom. The second-order valence-electron chi connectivity index (χ2n) is 4.65. The van der Waals surface area contributed by atoms with E-state index < -0.39 is 11.7 Å². The van der Waals surface area contributed by atoms with Crippen molar-refractivity contribution in [3.05, 3.63) is 28.8 Å². The Balaban J connectivity index is 2.73. The van der Waals surface area contributed by atoms with Crippen molar-refractivity contribution >= 4 is 23.2 Å². The number of nitrogens with one attached hydrogen (secondary N) is 1. The maximum absolute atomic E-state index is 12.6. The van der Waals surface area contributed by atoms with Crippen molar-refractivity contribution in [3.8, 4) is 0 Å². The van der Waals surface area contributed by atoms with Gasteiger partial charge in [0, 0.05) is 17.1 Å². The molecule has 0 aliphatic carbocycles. The van der Waals surface area contributed by atoms with E-state index in [0.29, 0.717) is 13.0 Å². The summed E-state index contributed by atoms with van der Waals surface area (Å²) in [6.45, 7) is 2.36. The van der Waals surface area contributed by atoms with Gasteiger partial charge in [-0.15, -0.1) is 0 Å². The lowest BCUT2D eigenvalue weighted by Gasteiger charge is -2.12. The van der Waals surface area contributed by atoms with Crippen molar-refractivity contribution < 1.29 is 18.0 Å². The molecule has 0 radical (unpaired) electrons. The number of rotatable bonds is 5. The van der Waals surface area contributed by atoms with Gasteiger partial charge in [0.1, 0.15) is 0 Å². The molecule has 0 aliphatic heterocycles. The molecule has 0 aromatic heterocycles. The van der Waals surface area contributed by atoms with E-state index in [4.69, 9.17) is 17.3 Å². The molecule has 1 rings (SSSR count). The van der Waals surface area contributed by atoms with Crippen LogP contribution in [0.1, 0.15) is 25.3 Å². The summed E-state index contributed by atoms with van der Waals surface area (Å²) in [6, 6.07) is 2.95. The van der Waals surface area contributed by atoms with Gasteiger partial charge in [0.15, 0.2) is 0 Å². The van der Waals surface area contributed by atoms with Crippen molar-refractivity contribution in [2.24, 2.45) is 11.7 Å². The summed E-state index contributed by atoms with van der Waals surface area (Å²) >= 11 is 5.62. The number of alkyl halides is 3. The standard InChI is InChI=1S/C13H16ClF3N2O/c1-8(7-18)2-3-12(20)19-11-5-9(13(15,16)17)4-10(14)6-11/h4-6,8H,2-3,7,18H2,1H3,(H,19,20). The Bertz CT molecular complexity index is 477. The molecule has 0 bridgehead atoms. The quantitative estimate of drug-likeness (QED) is 0.872. The molecule has 0 heterocycles. The van der Waals surface area contributed by atoms with Gasteiger partial charge in [-0.1, -0.05) is 18.5 Å². The Kier molecular flexibility index (Phi) is 5.83. The van der Waals surface area contributed by atoms with Crippen LogP contribution < -0.4 is 11.1 Å². The van der Waals surface area contributed by atoms with E-state index in [1.54, 1.807) is 0 Å². The summed E-state index contributed by atoms with van der Waals surface area (Å²) in [5.41, 5.74) is 4.57. The summed E-state index contributed by atoms with van der Waals surface area (Å²) < 4.78 is 37.8. The highest BCUT2D eigenvalue weighted by atomic mass is 35.5. The van der Waals surface area contributed by atoms with Crippen LogP contribution in [0.15, 0.2) is 18.2 Å². The first-order valence-electron chi connectivity index (χ1n) is 6.10. The van der Waals surface area contributed by atoms with E-state index >= 15 is 0 Å². The zero-order valence-corrected chi connectivity index (χ0v) is 11.7. The molecule has 3 N–H and O–H groups in total. The van der Waals surface area contributed by atoms with Crippen LogP contribution in [0.25, 0.3) is 0 Å². The van der Waals surface area contributed by atoms with E-state index in [2.05, 4.69) is 5.32 Å². The van der Waals surface area contributed by atoms with E-state index in [-0.39, 0.29) is 29.0 Å². The number of benzene rings is 1. The third-order valence-electron chi connectivity index (χ3n) is 2.78. The lowest BCUT2D eigenvalue weighted by molar-refractivity contribution is -0.137. The zero-order valence-electron chi connectivity index (χ0n) is 10.9. The number of nitrogens with two attached hydrogens (primary N) is 1. The highest BCUT2D eigenvalue weighted by molar-refractivity contribution is 6.31. The van der Waals surface area contributed by atoms with Gasteiger partial charge in [-0.3, -0.25) is 4.79 Å². The summed E-state index contributed by atoms with van der Waals surface area (Å²) in [5, 5.41) is 2.33. The first-order chi connectivity index (χ1) is 9.22. The average Bonchev–Trinajstić information content (AvgIpc) is 2.34. The van der Waals surface area contributed by atoms with Crippen LogP contribution in [-0.4, -0.2) is 12.5 Å². The number of hydrogen-bond donors (Lipinski definition) is 2. The maximum atomic E-state index is 12.6. The Morgan fingerprint density at radius 3 is 2.60 bits per heavy atom. The van der Waals surface area contributed by atoms with Crippen molar-refractivity contribution in [1.29, 1.82) is 0 Å². The van der Waals surface area contributed by atoms with Gasteiger partial charge in [0.05, 0.1) is 5.56 Å². The number of carbonyl (C=O) groups excluding carboxylic acids is 1. The first kappa shape index (κ1) is 16.8. The fourth-order valence-corrected chi connectivity index (χ4v) is 1.78. The minimum absolute atomic E-state index is 0.0372. The lowest BCUT2D eigenvalue weighted by Crippen LogP contribution is -2.16. The topological polar surface area (TPSA) is 55.1 Å². The van der Waals surface area contributed by atoms with Gasteiger partial charge in [-0.2, -0.15) is 13.2 Å². The van der Waals surface area contributed by atoms with Crippen LogP contribution in [0, 0.1) is 5.92 Å². The fourth-order valence-electron chi connectivity index (χ4n) is 1.54. The Morgan fingerprint density at radius 2 is 2.05 bits per heavy atom. The second kappa shape index (κ2) is 6.95. The Hall–Kier alpha value is -1.27. The minimum Gasteiger partial charge on any atom is -0.330 e. The van der Waals surface area contributed by atoms with Gasteiger partial charge < -0.3 is 11.1 Å². The van der Waals surface area contributed by atoms with E-state index in [0.717, 1.165) is 12.1 Å². The van der Waals surface area contributed by atoms with Crippen LogP contribution in [0.2, 0.25) is 5.02 Å². The molecule has 0 saturated heterocycles. The molecule has 1 unspecified atom stereocenters. The molecule has 7 heteroatoms. The third kappa shape index (κ3) is 5.38. The predicted octanol–water partition coefficient (Wildman–Crippen LogP) is 3.67. The number of hydrogen-bond acceptors (Lipinski definition) is 2. The molecule has 112 valence electrons. The molecule has 0 spiro atoms. The number of halogens is 4. The van der Waals surface area contributed by atoms with E-state index in [9.17, 15) is 18.0 Å². The van der Waals surface area contributed by atoms with Gasteiger partial charge >= 0.3 is 6.18 Å². The molecule has 1 aromatic rings. The summed E-state index contributed by atoms with van der Waals surface area (Å²) in [5.74, 6) is -0.175. The highest BCUT2D eigenvalue weighted by Crippen LogP contribution is 2.33. The van der Waals surface area contributed by atoms with Crippen LogP contribution >= 0.6 is 11.6 Å².